The first-order valence-electron chi connectivity index (χ1n) is 8.81. The highest BCUT2D eigenvalue weighted by Gasteiger charge is 2.34. The summed E-state index contributed by atoms with van der Waals surface area (Å²) in [6.07, 6.45) is 5.07. The molecule has 2 N–H and O–H groups in total. The fourth-order valence-corrected chi connectivity index (χ4v) is 3.58. The SMILES string of the molecule is Cc1ccc(C(NC(=O)N(C)CC2CCCC2O)C2CC2)cc1. The van der Waals surface area contributed by atoms with Gasteiger partial charge in [0.05, 0.1) is 12.1 Å². The molecule has 3 atom stereocenters. The molecule has 126 valence electrons. The summed E-state index contributed by atoms with van der Waals surface area (Å²) >= 11 is 0. The van der Waals surface area contributed by atoms with Gasteiger partial charge in [-0.1, -0.05) is 36.2 Å². The Morgan fingerprint density at radius 1 is 1.26 bits per heavy atom. The number of hydrogen-bond donors (Lipinski definition) is 2. The molecular formula is C19H28N2O2. The predicted molar refractivity (Wildman–Crippen MR) is 91.2 cm³/mol. The molecule has 2 fully saturated rings. The molecule has 4 nitrogen and oxygen atoms in total. The molecule has 2 amide bonds. The Morgan fingerprint density at radius 2 is 1.96 bits per heavy atom. The summed E-state index contributed by atoms with van der Waals surface area (Å²) in [7, 11) is 1.83. The normalized spacial score (nSPS) is 25.2. The molecule has 23 heavy (non-hydrogen) atoms. The monoisotopic (exact) mass is 316 g/mol. The average molecular weight is 316 g/mol. The van der Waals surface area contributed by atoms with Crippen LogP contribution >= 0.6 is 0 Å². The van der Waals surface area contributed by atoms with E-state index in [2.05, 4.69) is 36.5 Å². The van der Waals surface area contributed by atoms with Gasteiger partial charge in [0.25, 0.3) is 0 Å². The number of urea groups is 1. The van der Waals surface area contributed by atoms with Crippen LogP contribution in [-0.4, -0.2) is 35.7 Å². The van der Waals surface area contributed by atoms with Crippen molar-refractivity contribution in [1.82, 2.24) is 10.2 Å². The van der Waals surface area contributed by atoms with Crippen molar-refractivity contribution in [3.05, 3.63) is 35.4 Å². The van der Waals surface area contributed by atoms with E-state index in [9.17, 15) is 9.90 Å². The lowest BCUT2D eigenvalue weighted by Gasteiger charge is -2.27. The quantitative estimate of drug-likeness (QED) is 0.876. The van der Waals surface area contributed by atoms with Gasteiger partial charge in [-0.25, -0.2) is 4.79 Å². The predicted octanol–water partition coefficient (Wildman–Crippen LogP) is 3.25. The summed E-state index contributed by atoms with van der Waals surface area (Å²) in [5, 5.41) is 13.2. The van der Waals surface area contributed by atoms with E-state index in [1.54, 1.807) is 4.90 Å². The van der Waals surface area contributed by atoms with E-state index in [0.29, 0.717) is 12.5 Å². The third kappa shape index (κ3) is 4.05. The van der Waals surface area contributed by atoms with E-state index in [1.807, 2.05) is 7.05 Å². The van der Waals surface area contributed by atoms with Crippen molar-refractivity contribution >= 4 is 6.03 Å². The summed E-state index contributed by atoms with van der Waals surface area (Å²) < 4.78 is 0. The van der Waals surface area contributed by atoms with Crippen LogP contribution in [0, 0.1) is 18.8 Å². The first kappa shape index (κ1) is 16.3. The molecule has 3 unspecified atom stereocenters. The second kappa shape index (κ2) is 6.91. The van der Waals surface area contributed by atoms with Gasteiger partial charge in [0.2, 0.25) is 0 Å². The number of aliphatic hydroxyl groups is 1. The molecule has 3 rings (SSSR count). The van der Waals surface area contributed by atoms with Crippen LogP contribution in [0.3, 0.4) is 0 Å². The van der Waals surface area contributed by atoms with Crippen molar-refractivity contribution in [2.45, 2.75) is 51.2 Å². The number of benzene rings is 1. The summed E-state index contributed by atoms with van der Waals surface area (Å²) in [4.78, 5) is 14.3. The smallest absolute Gasteiger partial charge is 0.317 e. The molecule has 0 bridgehead atoms. The Kier molecular flexibility index (Phi) is 4.90. The minimum absolute atomic E-state index is 0.0263. The van der Waals surface area contributed by atoms with Gasteiger partial charge in [-0.15, -0.1) is 0 Å². The topological polar surface area (TPSA) is 52.6 Å². The van der Waals surface area contributed by atoms with Crippen LogP contribution in [0.15, 0.2) is 24.3 Å². The van der Waals surface area contributed by atoms with Crippen molar-refractivity contribution in [1.29, 1.82) is 0 Å². The van der Waals surface area contributed by atoms with Gasteiger partial charge in [0, 0.05) is 19.5 Å². The number of nitrogens with zero attached hydrogens (tertiary/aromatic N) is 1. The summed E-state index contributed by atoms with van der Waals surface area (Å²) in [6.45, 7) is 2.72. The van der Waals surface area contributed by atoms with Crippen LogP contribution in [0.1, 0.15) is 49.3 Å². The summed E-state index contributed by atoms with van der Waals surface area (Å²) in [6, 6.07) is 8.55. The van der Waals surface area contributed by atoms with Crippen LogP contribution < -0.4 is 5.32 Å². The van der Waals surface area contributed by atoms with Crippen LogP contribution in [0.5, 0.6) is 0 Å². The van der Waals surface area contributed by atoms with Gasteiger partial charge < -0.3 is 15.3 Å². The highest BCUT2D eigenvalue weighted by molar-refractivity contribution is 5.74. The number of hydrogen-bond acceptors (Lipinski definition) is 2. The van der Waals surface area contributed by atoms with Crippen LogP contribution in [-0.2, 0) is 0 Å². The van der Waals surface area contributed by atoms with E-state index in [-0.39, 0.29) is 24.1 Å². The molecular weight excluding hydrogens is 288 g/mol. The van der Waals surface area contributed by atoms with E-state index in [4.69, 9.17) is 0 Å². The van der Waals surface area contributed by atoms with Crippen LogP contribution in [0.2, 0.25) is 0 Å². The van der Waals surface area contributed by atoms with E-state index in [1.165, 1.54) is 24.0 Å². The number of carbonyl (C=O) groups excluding carboxylic acids is 1. The fourth-order valence-electron chi connectivity index (χ4n) is 3.58. The molecule has 4 heteroatoms. The molecule has 2 saturated carbocycles. The van der Waals surface area contributed by atoms with Gasteiger partial charge in [0.15, 0.2) is 0 Å². The van der Waals surface area contributed by atoms with Crippen molar-refractivity contribution in [3.8, 4) is 0 Å². The molecule has 0 saturated heterocycles. The van der Waals surface area contributed by atoms with Gasteiger partial charge in [-0.2, -0.15) is 0 Å². The summed E-state index contributed by atoms with van der Waals surface area (Å²) in [5.41, 5.74) is 2.43. The largest absolute Gasteiger partial charge is 0.393 e. The highest BCUT2D eigenvalue weighted by atomic mass is 16.3. The van der Waals surface area contributed by atoms with Crippen molar-refractivity contribution < 1.29 is 9.90 Å². The maximum Gasteiger partial charge on any atom is 0.317 e. The third-order valence-electron chi connectivity index (χ3n) is 5.28. The van der Waals surface area contributed by atoms with Crippen LogP contribution in [0.4, 0.5) is 4.79 Å². The minimum Gasteiger partial charge on any atom is -0.393 e. The Labute approximate surface area is 138 Å². The zero-order chi connectivity index (χ0) is 16.4. The van der Waals surface area contributed by atoms with Crippen molar-refractivity contribution in [3.63, 3.8) is 0 Å². The lowest BCUT2D eigenvalue weighted by Crippen LogP contribution is -2.43. The Hall–Kier alpha value is -1.55. The molecule has 1 aromatic carbocycles. The Bertz CT molecular complexity index is 539. The number of rotatable bonds is 5. The minimum atomic E-state index is -0.249. The Balaban J connectivity index is 1.60. The fraction of sp³-hybridized carbons (Fsp3) is 0.632. The molecule has 0 spiro atoms. The van der Waals surface area contributed by atoms with Gasteiger partial charge in [-0.3, -0.25) is 0 Å². The van der Waals surface area contributed by atoms with E-state index >= 15 is 0 Å². The standard InChI is InChI=1S/C19H28N2O2/c1-13-6-8-14(9-7-13)18(15-10-11-15)20-19(23)21(2)12-16-4-3-5-17(16)22/h6-9,15-18,22H,3-5,10-12H2,1-2H3,(H,20,23). The van der Waals surface area contributed by atoms with Gasteiger partial charge in [-0.05, 0) is 44.1 Å². The van der Waals surface area contributed by atoms with E-state index in [0.717, 1.165) is 19.3 Å². The Morgan fingerprint density at radius 3 is 2.52 bits per heavy atom. The van der Waals surface area contributed by atoms with Crippen molar-refractivity contribution in [2.24, 2.45) is 11.8 Å². The molecule has 2 aliphatic carbocycles. The second-order valence-electron chi connectivity index (χ2n) is 7.31. The number of amides is 2. The molecule has 0 aromatic heterocycles. The molecule has 0 aliphatic heterocycles. The third-order valence-corrected chi connectivity index (χ3v) is 5.28. The first-order chi connectivity index (χ1) is 11.0. The molecule has 1 aromatic rings. The number of aliphatic hydroxyl groups excluding tert-OH is 1. The maximum atomic E-state index is 12.6. The van der Waals surface area contributed by atoms with E-state index < -0.39 is 0 Å². The molecule has 0 radical (unpaired) electrons. The number of nitrogens with one attached hydrogen (secondary N) is 1. The first-order valence-corrected chi connectivity index (χ1v) is 8.81. The molecule has 2 aliphatic rings. The van der Waals surface area contributed by atoms with Crippen LogP contribution in [0.25, 0.3) is 0 Å². The van der Waals surface area contributed by atoms with Gasteiger partial charge >= 0.3 is 6.03 Å². The average Bonchev–Trinajstić information content (AvgIpc) is 3.30. The highest BCUT2D eigenvalue weighted by Crippen LogP contribution is 2.41. The zero-order valence-electron chi connectivity index (χ0n) is 14.2. The summed E-state index contributed by atoms with van der Waals surface area (Å²) in [5.74, 6) is 0.789. The number of carbonyl (C=O) groups is 1. The van der Waals surface area contributed by atoms with Gasteiger partial charge in [0.1, 0.15) is 0 Å². The lowest BCUT2D eigenvalue weighted by atomic mass is 10.0. The van der Waals surface area contributed by atoms with Crippen molar-refractivity contribution in [2.75, 3.05) is 13.6 Å². The molecule has 0 heterocycles. The zero-order valence-corrected chi connectivity index (χ0v) is 14.2. The second-order valence-corrected chi connectivity index (χ2v) is 7.31. The lowest BCUT2D eigenvalue weighted by molar-refractivity contribution is 0.113. The maximum absolute atomic E-state index is 12.6. The number of aryl methyl sites for hydroxylation is 1.